The summed E-state index contributed by atoms with van der Waals surface area (Å²) in [5.41, 5.74) is 13.9. The van der Waals surface area contributed by atoms with Gasteiger partial charge in [0.05, 0.1) is 30.7 Å². The van der Waals surface area contributed by atoms with E-state index in [1.54, 1.807) is 18.3 Å². The molecule has 0 aliphatic carbocycles. The van der Waals surface area contributed by atoms with Crippen LogP contribution in [-0.2, 0) is 41.9 Å². The van der Waals surface area contributed by atoms with Gasteiger partial charge in [-0.15, -0.1) is 23.1 Å². The number of nitrogens with two attached hydrogens (primary N) is 2. The number of carbonyl (C=O) groups is 3. The van der Waals surface area contributed by atoms with Crippen LogP contribution in [-0.4, -0.2) is 92.5 Å². The number of aliphatic carboxylic acids is 1. The number of oxime groups is 2. The summed E-state index contributed by atoms with van der Waals surface area (Å²) in [6.45, 7) is 1.67. The van der Waals surface area contributed by atoms with Crippen LogP contribution < -0.4 is 21.4 Å². The Morgan fingerprint density at radius 3 is 2.75 bits per heavy atom. The van der Waals surface area contributed by atoms with Gasteiger partial charge in [0.1, 0.15) is 41.8 Å². The largest absolute Gasteiger partial charge is 0.477 e. The van der Waals surface area contributed by atoms with E-state index >= 15 is 4.39 Å². The van der Waals surface area contributed by atoms with Crippen LogP contribution in [0, 0.1) is 5.82 Å². The van der Waals surface area contributed by atoms with Gasteiger partial charge in [0.25, 0.3) is 11.8 Å². The molecule has 0 bridgehead atoms. The minimum Gasteiger partial charge on any atom is -0.477 e. The van der Waals surface area contributed by atoms with Crippen LogP contribution in [0.25, 0.3) is 10.9 Å². The van der Waals surface area contributed by atoms with Crippen molar-refractivity contribution in [3.8, 4) is 0 Å². The Balaban J connectivity index is 1.02. The molecular weight excluding hydrogens is 730 g/mol. The van der Waals surface area contributed by atoms with Crippen LogP contribution in [0.2, 0.25) is 0 Å². The van der Waals surface area contributed by atoms with Gasteiger partial charge < -0.3 is 40.9 Å². The van der Waals surface area contributed by atoms with E-state index in [9.17, 15) is 19.5 Å². The van der Waals surface area contributed by atoms with Crippen LogP contribution in [0.15, 0.2) is 75.9 Å². The normalized spacial score (nSPS) is 19.6. The second-order valence-corrected chi connectivity index (χ2v) is 14.4. The Labute approximate surface area is 309 Å². The smallest absolute Gasteiger partial charge is 0.352 e. The highest BCUT2D eigenvalue weighted by molar-refractivity contribution is 8.00. The fraction of sp³-hybridized carbons (Fsp3) is 0.324. The summed E-state index contributed by atoms with van der Waals surface area (Å²) in [4.78, 5) is 54.5. The number of thioether (sulfide) groups is 1. The minimum absolute atomic E-state index is 0.0802. The summed E-state index contributed by atoms with van der Waals surface area (Å²) in [5, 5.41) is 22.6. The van der Waals surface area contributed by atoms with Crippen LogP contribution in [0.1, 0.15) is 29.7 Å². The number of thiazole rings is 1. The zero-order valence-corrected chi connectivity index (χ0v) is 29.9. The molecule has 6 N–H and O–H groups in total. The molecule has 1 aromatic carbocycles. The molecule has 2 fully saturated rings. The summed E-state index contributed by atoms with van der Waals surface area (Å²) < 4.78 is 24.3. The third-order valence-corrected chi connectivity index (χ3v) is 11.0. The summed E-state index contributed by atoms with van der Waals surface area (Å²) in [7, 11) is 1.27. The van der Waals surface area contributed by atoms with E-state index in [1.165, 1.54) is 35.2 Å². The Kier molecular flexibility index (Phi) is 10.3. The molecule has 0 saturated carbocycles. The molecule has 7 rings (SSSR count). The van der Waals surface area contributed by atoms with Crippen LogP contribution in [0.3, 0.4) is 0 Å². The van der Waals surface area contributed by atoms with Crippen molar-refractivity contribution in [2.75, 3.05) is 31.8 Å². The number of rotatable bonds is 12. The first-order valence-corrected chi connectivity index (χ1v) is 18.4. The quantitative estimate of drug-likeness (QED) is 0.0537. The van der Waals surface area contributed by atoms with Crippen LogP contribution >= 0.6 is 23.1 Å². The van der Waals surface area contributed by atoms with E-state index in [0.717, 1.165) is 35.1 Å². The van der Waals surface area contributed by atoms with Crippen molar-refractivity contribution in [1.29, 1.82) is 0 Å². The number of nitrogens with one attached hydrogen (secondary N) is 1. The number of anilines is 1. The number of amidine groups is 1. The average molecular weight is 765 g/mol. The lowest BCUT2D eigenvalue weighted by atomic mass is 10.0. The van der Waals surface area contributed by atoms with Gasteiger partial charge in [0.15, 0.2) is 35.6 Å². The molecule has 19 heteroatoms. The number of halogens is 1. The molecule has 53 heavy (non-hydrogen) atoms. The van der Waals surface area contributed by atoms with Crippen LogP contribution in [0.4, 0.5) is 9.52 Å². The average Bonchev–Trinajstić information content (AvgIpc) is 3.77. The number of nitrogens with zero attached hydrogens (tertiary/aromatic N) is 6. The standard InChI is InChI=1S/C34H34FN9O7S2/c1-49-40-26(24-17-53-34(37)38-24)30(45)39-27-31(46)44-28(33(47)48)21(16-52-32(27)44)14-42-8-5-25-20(13-42)4-9-43(25)15-19-3-2-18(12-23(19)35)29(36)41-51-22-6-10-50-11-7-22/h2-5,8-9,12-13,17,22,27,32H,6-7,10-11,14-16H2,1H3,(H5-,36,37,38,39,41,45,47,48)/p+1/b40-26-/t27-,32-/m1/s1. The molecule has 16 nitrogen and oxygen atoms in total. The SMILES string of the molecule is CO/N=C(\C(=O)N[C@@H]1C(=O)N2C(C(=O)O)=C(C[n+]3ccc4c(ccn4Cc4ccc(C(N)=NOC5CCOCC5)cc4F)c3)CS[C@H]12)c1csc(N)n1. The van der Waals surface area contributed by atoms with E-state index in [0.29, 0.717) is 35.7 Å². The second kappa shape index (κ2) is 15.2. The highest BCUT2D eigenvalue weighted by Gasteiger charge is 2.55. The number of β-lactam (4-membered cyclic amide) rings is 1. The summed E-state index contributed by atoms with van der Waals surface area (Å²) in [6.07, 6.45) is 6.88. The van der Waals surface area contributed by atoms with Gasteiger partial charge in [-0.25, -0.2) is 18.7 Å². The first kappa shape index (κ1) is 35.9. The maximum absolute atomic E-state index is 15.2. The van der Waals surface area contributed by atoms with Gasteiger partial charge in [-0.05, 0) is 12.1 Å². The van der Waals surface area contributed by atoms with Gasteiger partial charge in [-0.3, -0.25) is 14.5 Å². The first-order valence-electron chi connectivity index (χ1n) is 16.5. The number of ether oxygens (including phenoxy) is 1. The molecule has 0 unspecified atom stereocenters. The van der Waals surface area contributed by atoms with Crippen molar-refractivity contribution in [3.63, 3.8) is 0 Å². The number of hydrogen-bond acceptors (Lipinski definition) is 12. The predicted octanol–water partition coefficient (Wildman–Crippen LogP) is 1.76. The number of amides is 2. The molecule has 276 valence electrons. The molecule has 2 atom stereocenters. The van der Waals surface area contributed by atoms with Crippen molar-refractivity contribution < 1.29 is 42.9 Å². The number of pyridine rings is 1. The maximum Gasteiger partial charge on any atom is 0.352 e. The van der Waals surface area contributed by atoms with E-state index in [2.05, 4.69) is 20.6 Å². The minimum atomic E-state index is -1.25. The summed E-state index contributed by atoms with van der Waals surface area (Å²) in [6, 6.07) is 7.49. The van der Waals surface area contributed by atoms with Crippen LogP contribution in [0.5, 0.6) is 0 Å². The Morgan fingerprint density at radius 2 is 2.04 bits per heavy atom. The van der Waals surface area contributed by atoms with E-state index in [4.69, 9.17) is 25.9 Å². The molecular formula is C34H35FN9O7S2+. The zero-order valence-electron chi connectivity index (χ0n) is 28.3. The summed E-state index contributed by atoms with van der Waals surface area (Å²) >= 11 is 2.46. The van der Waals surface area contributed by atoms with E-state index in [1.807, 2.05) is 33.7 Å². The molecule has 4 aromatic rings. The number of carbonyl (C=O) groups excluding carboxylic acids is 2. The topological polar surface area (TPSA) is 213 Å². The third kappa shape index (κ3) is 7.40. The van der Waals surface area contributed by atoms with Crippen molar-refractivity contribution in [2.45, 2.75) is 43.5 Å². The van der Waals surface area contributed by atoms with Crippen molar-refractivity contribution in [2.24, 2.45) is 16.0 Å². The van der Waals surface area contributed by atoms with Gasteiger partial charge in [-0.1, -0.05) is 22.4 Å². The lowest BCUT2D eigenvalue weighted by Crippen LogP contribution is -2.71. The highest BCUT2D eigenvalue weighted by Crippen LogP contribution is 2.40. The zero-order chi connectivity index (χ0) is 37.2. The molecule has 2 saturated heterocycles. The number of carboxylic acids is 1. The Morgan fingerprint density at radius 1 is 1.23 bits per heavy atom. The molecule has 3 aliphatic heterocycles. The number of carboxylic acid groups (broad SMARTS) is 1. The molecule has 0 radical (unpaired) electrons. The number of hydrogen-bond donors (Lipinski definition) is 4. The van der Waals surface area contributed by atoms with E-state index in [-0.39, 0.29) is 47.3 Å². The molecule has 2 amide bonds. The highest BCUT2D eigenvalue weighted by atomic mass is 32.2. The third-order valence-electron chi connectivity index (χ3n) is 9.00. The van der Waals surface area contributed by atoms with Gasteiger partial charge in [-0.2, -0.15) is 0 Å². The van der Waals surface area contributed by atoms with Gasteiger partial charge >= 0.3 is 5.97 Å². The predicted molar refractivity (Wildman–Crippen MR) is 193 cm³/mol. The first-order chi connectivity index (χ1) is 25.6. The number of nitrogen functional groups attached to an aromatic ring is 1. The fourth-order valence-electron chi connectivity index (χ4n) is 6.34. The van der Waals surface area contributed by atoms with Gasteiger partial charge in [0, 0.05) is 52.9 Å². The van der Waals surface area contributed by atoms with Crippen molar-refractivity contribution in [3.05, 3.63) is 88.2 Å². The lowest BCUT2D eigenvalue weighted by Gasteiger charge is -2.49. The Hall–Kier alpha value is -5.53. The molecule has 3 aromatic heterocycles. The molecule has 6 heterocycles. The number of fused-ring (bicyclic) bond motifs is 2. The second-order valence-electron chi connectivity index (χ2n) is 12.4. The molecule has 0 spiro atoms. The Bertz CT molecular complexity index is 2180. The van der Waals surface area contributed by atoms with E-state index < -0.39 is 35.0 Å². The number of aromatic nitrogens is 3. The monoisotopic (exact) mass is 764 g/mol. The fourth-order valence-corrected chi connectivity index (χ4v) is 8.22. The number of benzene rings is 1. The van der Waals surface area contributed by atoms with Crippen molar-refractivity contribution in [1.82, 2.24) is 19.8 Å². The lowest BCUT2D eigenvalue weighted by molar-refractivity contribution is -0.687. The summed E-state index contributed by atoms with van der Waals surface area (Å²) in [5.74, 6) is -2.54. The molecule has 3 aliphatic rings. The van der Waals surface area contributed by atoms with Gasteiger partial charge in [0.2, 0.25) is 0 Å². The van der Waals surface area contributed by atoms with Crippen molar-refractivity contribution >= 4 is 68.5 Å². The maximum atomic E-state index is 15.2.